The van der Waals surface area contributed by atoms with Crippen LogP contribution < -0.4 is 10.5 Å². The van der Waals surface area contributed by atoms with Gasteiger partial charge in [-0.15, -0.1) is 0 Å². The van der Waals surface area contributed by atoms with Crippen molar-refractivity contribution in [3.05, 3.63) is 52.9 Å². The standard InChI is InChI=1S/C12H11ClN4O2/c13-9-4-2-1-3-8(9)7-19-11-6-15-10(5-16-11)12(14)17-18/h1-6,18H,7H2,(H2,14,17). The second kappa shape index (κ2) is 6.01. The Morgan fingerprint density at radius 1 is 1.32 bits per heavy atom. The summed E-state index contributed by atoms with van der Waals surface area (Å²) in [6.07, 6.45) is 2.75. The second-order valence-electron chi connectivity index (χ2n) is 3.61. The van der Waals surface area contributed by atoms with E-state index in [9.17, 15) is 0 Å². The van der Waals surface area contributed by atoms with Crippen molar-refractivity contribution in [3.8, 4) is 5.88 Å². The lowest BCUT2D eigenvalue weighted by Gasteiger charge is -2.06. The average molecular weight is 279 g/mol. The van der Waals surface area contributed by atoms with Gasteiger partial charge in [0.25, 0.3) is 0 Å². The first-order valence-electron chi connectivity index (χ1n) is 5.37. The third-order valence-corrected chi connectivity index (χ3v) is 2.70. The van der Waals surface area contributed by atoms with Gasteiger partial charge < -0.3 is 15.7 Å². The Kier molecular flexibility index (Phi) is 4.15. The Balaban J connectivity index is 2.03. The molecule has 0 fully saturated rings. The summed E-state index contributed by atoms with van der Waals surface area (Å²) >= 11 is 6.00. The van der Waals surface area contributed by atoms with E-state index in [-0.39, 0.29) is 18.1 Å². The number of nitrogens with two attached hydrogens (primary N) is 1. The maximum absolute atomic E-state index is 8.49. The van der Waals surface area contributed by atoms with Crippen LogP contribution in [-0.4, -0.2) is 21.0 Å². The van der Waals surface area contributed by atoms with Gasteiger partial charge >= 0.3 is 0 Å². The van der Waals surface area contributed by atoms with Gasteiger partial charge in [0.2, 0.25) is 5.88 Å². The molecular weight excluding hydrogens is 268 g/mol. The molecule has 98 valence electrons. The third-order valence-electron chi connectivity index (χ3n) is 2.33. The molecule has 0 unspecified atom stereocenters. The molecule has 6 nitrogen and oxygen atoms in total. The molecular formula is C12H11ClN4O2. The first-order valence-corrected chi connectivity index (χ1v) is 5.74. The summed E-state index contributed by atoms with van der Waals surface area (Å²) in [5.41, 5.74) is 6.49. The molecule has 0 radical (unpaired) electrons. The molecule has 0 saturated heterocycles. The molecule has 0 saturated carbocycles. The van der Waals surface area contributed by atoms with Crippen molar-refractivity contribution >= 4 is 17.4 Å². The van der Waals surface area contributed by atoms with Crippen molar-refractivity contribution in [3.63, 3.8) is 0 Å². The Hall–Kier alpha value is -2.34. The summed E-state index contributed by atoms with van der Waals surface area (Å²) < 4.78 is 5.44. The lowest BCUT2D eigenvalue weighted by Crippen LogP contribution is -2.15. The van der Waals surface area contributed by atoms with E-state index in [0.29, 0.717) is 10.9 Å². The number of nitrogens with zero attached hydrogens (tertiary/aromatic N) is 3. The summed E-state index contributed by atoms with van der Waals surface area (Å²) in [5.74, 6) is 0.222. The number of hydrogen-bond donors (Lipinski definition) is 2. The van der Waals surface area contributed by atoms with Crippen LogP contribution in [0.25, 0.3) is 0 Å². The van der Waals surface area contributed by atoms with Gasteiger partial charge in [-0.25, -0.2) is 9.97 Å². The summed E-state index contributed by atoms with van der Waals surface area (Å²) in [5, 5.41) is 11.9. The van der Waals surface area contributed by atoms with Crippen molar-refractivity contribution in [2.45, 2.75) is 6.61 Å². The minimum Gasteiger partial charge on any atom is -0.472 e. The van der Waals surface area contributed by atoms with E-state index in [1.54, 1.807) is 6.07 Å². The summed E-state index contributed by atoms with van der Waals surface area (Å²) in [6, 6.07) is 7.36. The topological polar surface area (TPSA) is 93.6 Å². The maximum Gasteiger partial charge on any atom is 0.232 e. The summed E-state index contributed by atoms with van der Waals surface area (Å²) in [7, 11) is 0. The molecule has 0 aliphatic rings. The molecule has 1 aromatic heterocycles. The molecule has 2 aromatic rings. The monoisotopic (exact) mass is 278 g/mol. The van der Waals surface area contributed by atoms with Gasteiger partial charge in [0.1, 0.15) is 12.3 Å². The molecule has 0 bridgehead atoms. The van der Waals surface area contributed by atoms with E-state index >= 15 is 0 Å². The molecule has 1 aromatic carbocycles. The Labute approximate surface area is 114 Å². The number of rotatable bonds is 4. The smallest absolute Gasteiger partial charge is 0.232 e. The van der Waals surface area contributed by atoms with Crippen molar-refractivity contribution < 1.29 is 9.94 Å². The van der Waals surface area contributed by atoms with E-state index in [1.807, 2.05) is 18.2 Å². The lowest BCUT2D eigenvalue weighted by atomic mass is 10.2. The number of benzene rings is 1. The number of halogens is 1. The molecule has 7 heteroatoms. The molecule has 0 aliphatic heterocycles. The fraction of sp³-hybridized carbons (Fsp3) is 0.0833. The van der Waals surface area contributed by atoms with Crippen molar-refractivity contribution in [1.29, 1.82) is 0 Å². The van der Waals surface area contributed by atoms with Crippen LogP contribution in [0.15, 0.2) is 41.8 Å². The molecule has 2 rings (SSSR count). The van der Waals surface area contributed by atoms with E-state index in [0.717, 1.165) is 5.56 Å². The highest BCUT2D eigenvalue weighted by Gasteiger charge is 2.04. The molecule has 1 heterocycles. The van der Waals surface area contributed by atoms with Crippen LogP contribution in [0.2, 0.25) is 5.02 Å². The van der Waals surface area contributed by atoms with Gasteiger partial charge in [0.05, 0.1) is 12.4 Å². The van der Waals surface area contributed by atoms with Crippen LogP contribution in [0, 0.1) is 0 Å². The predicted molar refractivity (Wildman–Crippen MR) is 70.3 cm³/mol. The number of ether oxygens (including phenoxy) is 1. The summed E-state index contributed by atoms with van der Waals surface area (Å²) in [4.78, 5) is 7.94. The molecule has 19 heavy (non-hydrogen) atoms. The van der Waals surface area contributed by atoms with Crippen LogP contribution in [0.3, 0.4) is 0 Å². The van der Waals surface area contributed by atoms with Crippen LogP contribution in [0.4, 0.5) is 0 Å². The molecule has 0 aliphatic carbocycles. The van der Waals surface area contributed by atoms with E-state index in [2.05, 4.69) is 15.1 Å². The normalized spacial score (nSPS) is 11.3. The molecule has 3 N–H and O–H groups in total. The van der Waals surface area contributed by atoms with Crippen LogP contribution in [0.1, 0.15) is 11.3 Å². The van der Waals surface area contributed by atoms with Crippen molar-refractivity contribution in [2.75, 3.05) is 0 Å². The zero-order valence-corrected chi connectivity index (χ0v) is 10.6. The van der Waals surface area contributed by atoms with Gasteiger partial charge in [-0.05, 0) is 6.07 Å². The highest BCUT2D eigenvalue weighted by Crippen LogP contribution is 2.16. The first kappa shape index (κ1) is 13.1. The van der Waals surface area contributed by atoms with E-state index in [4.69, 9.17) is 27.3 Å². The van der Waals surface area contributed by atoms with Crippen LogP contribution in [0.5, 0.6) is 5.88 Å². The van der Waals surface area contributed by atoms with Crippen molar-refractivity contribution in [2.24, 2.45) is 10.9 Å². The SMILES string of the molecule is NC(=NO)c1cnc(OCc2ccccc2Cl)cn1. The third kappa shape index (κ3) is 3.32. The Bertz CT molecular complexity index is 587. The fourth-order valence-corrected chi connectivity index (χ4v) is 1.53. The first-order chi connectivity index (χ1) is 9.20. The van der Waals surface area contributed by atoms with Gasteiger partial charge in [-0.3, -0.25) is 0 Å². The fourth-order valence-electron chi connectivity index (χ4n) is 1.34. The Morgan fingerprint density at radius 2 is 2.11 bits per heavy atom. The number of hydrogen-bond acceptors (Lipinski definition) is 5. The minimum absolute atomic E-state index is 0.106. The molecule has 0 amide bonds. The maximum atomic E-state index is 8.49. The van der Waals surface area contributed by atoms with Gasteiger partial charge in [-0.2, -0.15) is 0 Å². The number of amidine groups is 1. The predicted octanol–water partition coefficient (Wildman–Crippen LogP) is 1.80. The number of aromatic nitrogens is 2. The quantitative estimate of drug-likeness (QED) is 0.385. The highest BCUT2D eigenvalue weighted by atomic mass is 35.5. The van der Waals surface area contributed by atoms with Gasteiger partial charge in [0, 0.05) is 10.6 Å². The van der Waals surface area contributed by atoms with Crippen molar-refractivity contribution in [1.82, 2.24) is 9.97 Å². The van der Waals surface area contributed by atoms with E-state index < -0.39 is 0 Å². The van der Waals surface area contributed by atoms with Gasteiger partial charge in [-0.1, -0.05) is 35.0 Å². The minimum atomic E-state index is -0.106. The summed E-state index contributed by atoms with van der Waals surface area (Å²) in [6.45, 7) is 0.289. The van der Waals surface area contributed by atoms with Crippen LogP contribution >= 0.6 is 11.6 Å². The largest absolute Gasteiger partial charge is 0.472 e. The lowest BCUT2D eigenvalue weighted by molar-refractivity contribution is 0.292. The molecule has 0 atom stereocenters. The average Bonchev–Trinajstić information content (AvgIpc) is 2.46. The second-order valence-corrected chi connectivity index (χ2v) is 4.01. The Morgan fingerprint density at radius 3 is 2.74 bits per heavy atom. The number of oxime groups is 1. The highest BCUT2D eigenvalue weighted by molar-refractivity contribution is 6.31. The zero-order chi connectivity index (χ0) is 13.7. The van der Waals surface area contributed by atoms with Gasteiger partial charge in [0.15, 0.2) is 5.84 Å². The van der Waals surface area contributed by atoms with Crippen LogP contribution in [-0.2, 0) is 6.61 Å². The molecule has 0 spiro atoms. The zero-order valence-electron chi connectivity index (χ0n) is 9.82. The van der Waals surface area contributed by atoms with E-state index in [1.165, 1.54) is 12.4 Å².